The molecule has 0 spiro atoms. The summed E-state index contributed by atoms with van der Waals surface area (Å²) in [7, 11) is 3.83. The van der Waals surface area contributed by atoms with Gasteiger partial charge in [-0.25, -0.2) is 53.3 Å². The lowest BCUT2D eigenvalue weighted by Crippen LogP contribution is -2.29. The SMILES string of the molecule is C.C.C.C.C.C.COc1cc(OC)cc(-c2cc3cnc(S(C)(=O)=O)nc3n(Cc3ccc([N+](=O)[O-])cc3)c2=O)c1.COc1cc(OC)cc(-c2cc3cnc(SC)nc3n(Cc3ccc([N+](=O)[O-])cc3)c2=O)c1.COc1cc(OC)cc(B(O)O)c1.CSc1ncc2cc(Br)c(=O)[nH]c2n1.CSc1ncc2cc(Br)c(=O)n(Cc3ccc([N+](=O)[O-])cc3)c2n1.CSc1ncc2ccc(=O)[nH]c2n1. The Morgan fingerprint density at radius 2 is 0.703 bits per heavy atom. The van der Waals surface area contributed by atoms with Crippen molar-refractivity contribution in [2.24, 2.45) is 0 Å². The van der Waals surface area contributed by atoms with Crippen LogP contribution in [0.25, 0.3) is 77.4 Å². The number of nitro groups is 3. The Hall–Kier alpha value is -13.9. The number of nitrogens with zero attached hydrogens (tertiary/aromatic N) is 16. The van der Waals surface area contributed by atoms with E-state index in [1.807, 2.05) is 25.0 Å². The number of thioether (sulfide) groups is 4. The van der Waals surface area contributed by atoms with Gasteiger partial charge in [0.2, 0.25) is 20.6 Å². The number of sulfone groups is 1. The van der Waals surface area contributed by atoms with E-state index in [9.17, 15) is 62.7 Å². The van der Waals surface area contributed by atoms with Gasteiger partial charge in [-0.2, -0.15) is 4.98 Å². The average molecular weight is 2110 g/mol. The van der Waals surface area contributed by atoms with Crippen LogP contribution in [0.4, 0.5) is 17.1 Å². The van der Waals surface area contributed by atoms with Crippen LogP contribution in [0.3, 0.4) is 0 Å². The van der Waals surface area contributed by atoms with Gasteiger partial charge in [0.05, 0.1) is 86.0 Å². The Balaban J connectivity index is 0.000000302. The number of hydrogen-bond acceptors (Lipinski definition) is 35. The lowest BCUT2D eigenvalue weighted by molar-refractivity contribution is -0.385. The van der Waals surface area contributed by atoms with Gasteiger partial charge >= 0.3 is 7.12 Å². The highest BCUT2D eigenvalue weighted by atomic mass is 79.9. The summed E-state index contributed by atoms with van der Waals surface area (Å²) < 4.78 is 60.7. The molecule has 16 aromatic rings. The second-order valence-corrected chi connectivity index (χ2v) is 34.1. The molecule has 6 aromatic carbocycles. The molecule has 0 fully saturated rings. The zero-order valence-electron chi connectivity index (χ0n) is 71.3. The van der Waals surface area contributed by atoms with Crippen molar-refractivity contribution in [3.63, 3.8) is 0 Å². The summed E-state index contributed by atoms with van der Waals surface area (Å²) in [5, 5.41) is 56.0. The highest BCUT2D eigenvalue weighted by molar-refractivity contribution is 9.10. The van der Waals surface area contributed by atoms with E-state index >= 15 is 0 Å². The number of benzene rings is 6. The number of halogens is 2. The second kappa shape index (κ2) is 52.4. The van der Waals surface area contributed by atoms with Crippen LogP contribution in [-0.2, 0) is 29.5 Å². The van der Waals surface area contributed by atoms with Crippen molar-refractivity contribution >= 4 is 174 Å². The number of ether oxygens (including phenoxy) is 6. The number of nitrogens with one attached hydrogen (secondary N) is 2. The Morgan fingerprint density at radius 1 is 0.391 bits per heavy atom. The minimum absolute atomic E-state index is 0. The van der Waals surface area contributed by atoms with Crippen molar-refractivity contribution < 1.29 is 61.7 Å². The minimum Gasteiger partial charge on any atom is -0.497 e. The maximum absolute atomic E-state index is 13.7. The first-order valence-electron chi connectivity index (χ1n) is 38.1. The smallest absolute Gasteiger partial charge is 0.488 e. The Kier molecular flexibility index (Phi) is 43.5. The molecular formula is C91H99BBr2N18O21S5. The molecule has 0 radical (unpaired) electrons. The lowest BCUT2D eigenvalue weighted by Gasteiger charge is -2.14. The number of hydrogen-bond donors (Lipinski definition) is 4. The van der Waals surface area contributed by atoms with Gasteiger partial charge in [0.1, 0.15) is 62.7 Å². The van der Waals surface area contributed by atoms with Crippen LogP contribution in [0.2, 0.25) is 0 Å². The van der Waals surface area contributed by atoms with Gasteiger partial charge in [0, 0.05) is 136 Å². The molecule has 0 aliphatic carbocycles. The monoisotopic (exact) mass is 2110 g/mol. The van der Waals surface area contributed by atoms with Crippen molar-refractivity contribution in [2.75, 3.05) is 73.9 Å². The van der Waals surface area contributed by atoms with Crippen LogP contribution in [-0.4, -0.2) is 188 Å². The van der Waals surface area contributed by atoms with Gasteiger partial charge < -0.3 is 48.4 Å². The van der Waals surface area contributed by atoms with Crippen LogP contribution < -0.4 is 61.7 Å². The van der Waals surface area contributed by atoms with E-state index in [1.54, 1.807) is 141 Å². The highest BCUT2D eigenvalue weighted by Gasteiger charge is 2.23. The van der Waals surface area contributed by atoms with Crippen LogP contribution in [0.15, 0.2) is 253 Å². The third-order valence-electron chi connectivity index (χ3n) is 18.9. The van der Waals surface area contributed by atoms with E-state index in [0.29, 0.717) is 125 Å². The van der Waals surface area contributed by atoms with E-state index in [2.05, 4.69) is 91.7 Å². The van der Waals surface area contributed by atoms with Crippen molar-refractivity contribution in [3.05, 3.63) is 303 Å². The van der Waals surface area contributed by atoms with Crippen LogP contribution >= 0.6 is 78.9 Å². The van der Waals surface area contributed by atoms with E-state index in [1.165, 1.54) is 158 Å². The first kappa shape index (κ1) is 115. The summed E-state index contributed by atoms with van der Waals surface area (Å²) in [5.41, 5.74) is 5.22. The molecule has 0 atom stereocenters. The quantitative estimate of drug-likeness (QED) is 0.0152. The molecule has 138 heavy (non-hydrogen) atoms. The topological polar surface area (TPSA) is 520 Å². The fourth-order valence-corrected chi connectivity index (χ4v) is 15.0. The minimum atomic E-state index is -3.74. The molecule has 47 heteroatoms. The molecule has 0 aliphatic rings. The zero-order chi connectivity index (χ0) is 95.4. The largest absolute Gasteiger partial charge is 0.497 e. The predicted molar refractivity (Wildman–Crippen MR) is 551 cm³/mol. The number of fused-ring (bicyclic) bond motifs is 5. The van der Waals surface area contributed by atoms with Crippen molar-refractivity contribution in [3.8, 4) is 56.8 Å². The molecule has 0 amide bonds. The number of aromatic nitrogens is 15. The van der Waals surface area contributed by atoms with Crippen molar-refractivity contribution in [2.45, 2.75) is 90.0 Å². The Bertz CT molecular complexity index is 7400. The van der Waals surface area contributed by atoms with E-state index < -0.39 is 42.4 Å². The van der Waals surface area contributed by atoms with Gasteiger partial charge in [0.25, 0.3) is 39.3 Å². The third kappa shape index (κ3) is 29.1. The normalized spacial score (nSPS) is 10.4. The number of methoxy groups -OCH3 is 6. The van der Waals surface area contributed by atoms with Gasteiger partial charge in [-0.1, -0.05) is 128 Å². The number of rotatable bonds is 23. The first-order valence-corrected chi connectivity index (χ1v) is 46.5. The molecule has 4 N–H and O–H groups in total. The van der Waals surface area contributed by atoms with Crippen LogP contribution in [0.5, 0.6) is 34.5 Å². The summed E-state index contributed by atoms with van der Waals surface area (Å²) >= 11 is 12.1. The summed E-state index contributed by atoms with van der Waals surface area (Å²) in [4.78, 5) is 141. The highest BCUT2D eigenvalue weighted by Crippen LogP contribution is 2.34. The molecule has 10 aromatic heterocycles. The Labute approximate surface area is 825 Å². The maximum atomic E-state index is 13.7. The maximum Gasteiger partial charge on any atom is 0.488 e. The molecule has 0 aliphatic heterocycles. The average Bonchev–Trinajstić information content (AvgIpc) is 0.760. The van der Waals surface area contributed by atoms with Gasteiger partial charge in [-0.15, -0.1) is 0 Å². The summed E-state index contributed by atoms with van der Waals surface area (Å²) in [6.45, 7) is 0.438. The summed E-state index contributed by atoms with van der Waals surface area (Å²) in [5.74, 6) is 3.12. The fraction of sp³-hybridized carbons (Fsp3) is 0.220. The van der Waals surface area contributed by atoms with Gasteiger partial charge in [-0.05, 0) is 157 Å². The Morgan fingerprint density at radius 3 is 1.05 bits per heavy atom. The van der Waals surface area contributed by atoms with E-state index in [4.69, 9.17) is 38.5 Å². The molecule has 39 nitrogen and oxygen atoms in total. The summed E-state index contributed by atoms with van der Waals surface area (Å²) in [6.07, 6.45) is 16.6. The fourth-order valence-electron chi connectivity index (χ4n) is 12.3. The molecule has 0 saturated heterocycles. The molecular weight excluding hydrogens is 2010 g/mol. The second-order valence-electron chi connectivity index (χ2n) is 27.3. The summed E-state index contributed by atoms with van der Waals surface area (Å²) in [6, 6.07) is 42.8. The number of aromatic amines is 2. The van der Waals surface area contributed by atoms with Gasteiger partial charge in [0.15, 0.2) is 20.6 Å². The number of non-ortho nitro benzene ring substituents is 3. The van der Waals surface area contributed by atoms with Gasteiger partial charge in [-0.3, -0.25) is 68.0 Å². The molecule has 726 valence electrons. The number of H-pyrrole nitrogens is 2. The van der Waals surface area contributed by atoms with Crippen LogP contribution in [0, 0.1) is 30.3 Å². The number of nitro benzene ring substituents is 3. The molecule has 0 saturated carbocycles. The van der Waals surface area contributed by atoms with E-state index in [-0.39, 0.29) is 115 Å². The first-order chi connectivity index (χ1) is 63.2. The molecule has 16 rings (SSSR count). The number of pyridine rings is 5. The molecule has 0 unspecified atom stereocenters. The van der Waals surface area contributed by atoms with Crippen LogP contribution in [0.1, 0.15) is 61.3 Å². The predicted octanol–water partition coefficient (Wildman–Crippen LogP) is 16.3. The zero-order valence-corrected chi connectivity index (χ0v) is 78.5. The third-order valence-corrected chi connectivity index (χ3v) is 23.1. The lowest BCUT2D eigenvalue weighted by atomic mass is 9.80. The van der Waals surface area contributed by atoms with Crippen molar-refractivity contribution in [1.29, 1.82) is 0 Å². The van der Waals surface area contributed by atoms with Crippen molar-refractivity contribution in [1.82, 2.24) is 73.5 Å². The molecule has 0 bridgehead atoms. The standard InChI is InChI=1S/C23H20N4O7S.C23H20N4O5S.C15H11BrN4O3S.C8H11BO4.C8H6BrN3OS.C8H7N3OS.6CH4/c1-33-18-8-15(9-19(11-18)34-2)20-10-16-12-24-23(35(3,31)32)25-21(16)26(22(20)28)13-14-4-6-17(7-5-14)27(29)30;1-31-18-8-15(9-19(11-18)32-2)20-10-16-12-24-23(33-3)25-21(16)26(22(20)28)13-14-4-6-17(7-5-14)27(29)30;1-24-15-17-7-10-6-12(16)14(21)19(13(10)18-15)8-9-2-4-11(5-3-9)20(22)23;1-12-7-3-6(9(10)11)4-8(5-7)13-2;1-14-8-10-3-4-2-5(9)7(13)11-6(4)12-8;1-13-8-9-4-5-2-3-6(12)10-7(5)11-8;;;;;;/h4-12H,13H2,1-3H3;4-12H,13H2,1-3H3;2-7H,8H2,1H3;3-5,10-11H,1-2H3;2-3H,1H3,(H,10,11,12,13);2-4H,1H3,(H,9,10,11,12);6*1H4. The van der Waals surface area contributed by atoms with E-state index in [0.717, 1.165) is 33.5 Å². The molecule has 10 heterocycles.